The summed E-state index contributed by atoms with van der Waals surface area (Å²) in [6, 6.07) is 1.53. The van der Waals surface area contributed by atoms with E-state index in [0.29, 0.717) is 16.9 Å². The Bertz CT molecular complexity index is 508. The van der Waals surface area contributed by atoms with Gasteiger partial charge in [-0.05, 0) is 6.07 Å². The zero-order chi connectivity index (χ0) is 13.7. The minimum Gasteiger partial charge on any atom is -0.307 e. The molecule has 5 nitrogen and oxygen atoms in total. The van der Waals surface area contributed by atoms with Crippen LogP contribution < -0.4 is 5.32 Å². The van der Waals surface area contributed by atoms with Crippen LogP contribution in [-0.2, 0) is 19.6 Å². The second-order valence-corrected chi connectivity index (χ2v) is 3.95. The number of nitrogens with one attached hydrogen (secondary N) is 1. The monoisotopic (exact) mass is 273 g/mol. The van der Waals surface area contributed by atoms with E-state index in [2.05, 4.69) is 15.5 Å². The second kappa shape index (κ2) is 6.37. The first kappa shape index (κ1) is 13.6. The minimum atomic E-state index is -2.64. The van der Waals surface area contributed by atoms with Gasteiger partial charge in [-0.3, -0.25) is 4.68 Å². The van der Waals surface area contributed by atoms with E-state index < -0.39 is 13.2 Å². The molecule has 1 N–H and O–H groups in total. The van der Waals surface area contributed by atoms with Crippen molar-refractivity contribution in [2.24, 2.45) is 0 Å². The third-order valence-corrected chi connectivity index (χ3v) is 2.57. The molecule has 0 atom stereocenters. The van der Waals surface area contributed by atoms with Crippen molar-refractivity contribution in [2.75, 3.05) is 6.67 Å². The molecule has 0 saturated carbocycles. The number of nitrogens with zero attached hydrogens (tertiary/aromatic N) is 4. The van der Waals surface area contributed by atoms with E-state index in [0.717, 1.165) is 5.56 Å². The fourth-order valence-corrected chi connectivity index (χ4v) is 1.70. The molecule has 0 aliphatic heterocycles. The predicted octanol–water partition coefficient (Wildman–Crippen LogP) is 1.73. The molecule has 0 radical (unpaired) electrons. The summed E-state index contributed by atoms with van der Waals surface area (Å²) in [5, 5.41) is 10.5. The highest BCUT2D eigenvalue weighted by atomic mass is 19.3. The van der Waals surface area contributed by atoms with E-state index in [1.807, 2.05) is 0 Å². The number of halogens is 3. The molecule has 0 unspecified atom stereocenters. The molecule has 0 aromatic carbocycles. The molecule has 0 saturated heterocycles. The van der Waals surface area contributed by atoms with E-state index >= 15 is 0 Å². The van der Waals surface area contributed by atoms with Crippen LogP contribution in [0.5, 0.6) is 0 Å². The molecular formula is C11H14F3N5. The van der Waals surface area contributed by atoms with Crippen molar-refractivity contribution in [1.82, 2.24) is 24.9 Å². The SMILES string of the molecule is FCCn1cc(CNCc2ccnn2C(F)F)cn1. The molecule has 0 aliphatic carbocycles. The highest BCUT2D eigenvalue weighted by molar-refractivity contribution is 5.05. The molecule has 0 aliphatic rings. The Kier molecular flexibility index (Phi) is 4.56. The Morgan fingerprint density at radius 1 is 1.26 bits per heavy atom. The van der Waals surface area contributed by atoms with Crippen LogP contribution >= 0.6 is 0 Å². The Hall–Kier alpha value is -1.83. The third-order valence-electron chi connectivity index (χ3n) is 2.57. The van der Waals surface area contributed by atoms with Crippen LogP contribution in [0.2, 0.25) is 0 Å². The molecule has 0 bridgehead atoms. The van der Waals surface area contributed by atoms with Crippen molar-refractivity contribution in [3.63, 3.8) is 0 Å². The van der Waals surface area contributed by atoms with Gasteiger partial charge in [0.25, 0.3) is 0 Å². The number of hydrogen-bond acceptors (Lipinski definition) is 3. The maximum Gasteiger partial charge on any atom is 0.333 e. The van der Waals surface area contributed by atoms with E-state index in [4.69, 9.17) is 0 Å². The van der Waals surface area contributed by atoms with Crippen molar-refractivity contribution in [2.45, 2.75) is 26.2 Å². The summed E-state index contributed by atoms with van der Waals surface area (Å²) in [5.74, 6) is 0. The number of alkyl halides is 3. The zero-order valence-corrected chi connectivity index (χ0v) is 10.1. The molecule has 2 heterocycles. The summed E-state index contributed by atoms with van der Waals surface area (Å²) in [6.07, 6.45) is 4.67. The summed E-state index contributed by atoms with van der Waals surface area (Å²) in [5.41, 5.74) is 1.28. The first-order valence-corrected chi connectivity index (χ1v) is 5.79. The lowest BCUT2D eigenvalue weighted by atomic mass is 10.3. The van der Waals surface area contributed by atoms with Crippen LogP contribution in [0, 0.1) is 0 Å². The molecular weight excluding hydrogens is 259 g/mol. The highest BCUT2D eigenvalue weighted by Crippen LogP contribution is 2.11. The number of hydrogen-bond donors (Lipinski definition) is 1. The molecule has 0 fully saturated rings. The molecule has 0 spiro atoms. The lowest BCUT2D eigenvalue weighted by Gasteiger charge is -2.06. The molecule has 2 rings (SSSR count). The lowest BCUT2D eigenvalue weighted by molar-refractivity contribution is 0.0531. The van der Waals surface area contributed by atoms with Gasteiger partial charge in [0.15, 0.2) is 0 Å². The number of aromatic nitrogens is 4. The van der Waals surface area contributed by atoms with Crippen molar-refractivity contribution in [3.8, 4) is 0 Å². The van der Waals surface area contributed by atoms with Crippen molar-refractivity contribution < 1.29 is 13.2 Å². The van der Waals surface area contributed by atoms with Gasteiger partial charge in [0.05, 0.1) is 18.4 Å². The predicted molar refractivity (Wildman–Crippen MR) is 62.2 cm³/mol. The van der Waals surface area contributed by atoms with Gasteiger partial charge in [-0.2, -0.15) is 19.0 Å². The Morgan fingerprint density at radius 3 is 2.84 bits per heavy atom. The fraction of sp³-hybridized carbons (Fsp3) is 0.455. The molecule has 104 valence electrons. The van der Waals surface area contributed by atoms with Crippen LogP contribution in [0.25, 0.3) is 0 Å². The van der Waals surface area contributed by atoms with Gasteiger partial charge in [-0.1, -0.05) is 0 Å². The van der Waals surface area contributed by atoms with Crippen LogP contribution in [0.3, 0.4) is 0 Å². The smallest absolute Gasteiger partial charge is 0.307 e. The zero-order valence-electron chi connectivity index (χ0n) is 10.1. The minimum absolute atomic E-state index is 0.220. The van der Waals surface area contributed by atoms with Crippen molar-refractivity contribution in [3.05, 3.63) is 35.9 Å². The molecule has 2 aromatic heterocycles. The van der Waals surface area contributed by atoms with Crippen LogP contribution in [0.4, 0.5) is 13.2 Å². The highest BCUT2D eigenvalue weighted by Gasteiger charge is 2.10. The van der Waals surface area contributed by atoms with Gasteiger partial charge in [0.2, 0.25) is 0 Å². The normalized spacial score (nSPS) is 11.4. The van der Waals surface area contributed by atoms with Gasteiger partial charge >= 0.3 is 6.55 Å². The Labute approximate surface area is 108 Å². The summed E-state index contributed by atoms with van der Waals surface area (Å²) >= 11 is 0. The van der Waals surface area contributed by atoms with Crippen LogP contribution in [0.1, 0.15) is 17.8 Å². The molecule has 19 heavy (non-hydrogen) atoms. The maximum atomic E-state index is 12.5. The van der Waals surface area contributed by atoms with Crippen molar-refractivity contribution in [1.29, 1.82) is 0 Å². The van der Waals surface area contributed by atoms with Gasteiger partial charge in [-0.25, -0.2) is 9.07 Å². The van der Waals surface area contributed by atoms with E-state index in [1.165, 1.54) is 16.9 Å². The summed E-state index contributed by atoms with van der Waals surface area (Å²) in [6.45, 7) is -2.14. The Morgan fingerprint density at radius 2 is 2.11 bits per heavy atom. The van der Waals surface area contributed by atoms with Gasteiger partial charge in [-0.15, -0.1) is 0 Å². The molecule has 0 amide bonds. The second-order valence-electron chi connectivity index (χ2n) is 3.95. The maximum absolute atomic E-state index is 12.5. The standard InChI is InChI=1S/C11H14F3N5/c12-2-4-18-8-9(6-17-18)5-15-7-10-1-3-16-19(10)11(13)14/h1,3,6,8,11,15H,2,4-5,7H2. The lowest BCUT2D eigenvalue weighted by Crippen LogP contribution is -2.16. The van der Waals surface area contributed by atoms with Crippen LogP contribution in [0.15, 0.2) is 24.7 Å². The van der Waals surface area contributed by atoms with E-state index in [-0.39, 0.29) is 13.1 Å². The van der Waals surface area contributed by atoms with Gasteiger partial charge in [0, 0.05) is 31.0 Å². The van der Waals surface area contributed by atoms with E-state index in [9.17, 15) is 13.2 Å². The summed E-state index contributed by atoms with van der Waals surface area (Å²) < 4.78 is 39.3. The average Bonchev–Trinajstić information content (AvgIpc) is 2.99. The van der Waals surface area contributed by atoms with Gasteiger partial charge in [0.1, 0.15) is 6.67 Å². The summed E-state index contributed by atoms with van der Waals surface area (Å²) in [4.78, 5) is 0. The topological polar surface area (TPSA) is 47.7 Å². The first-order chi connectivity index (χ1) is 9.20. The average molecular weight is 273 g/mol. The largest absolute Gasteiger partial charge is 0.333 e. The molecule has 8 heteroatoms. The Balaban J connectivity index is 1.84. The molecule has 2 aromatic rings. The van der Waals surface area contributed by atoms with Crippen LogP contribution in [-0.4, -0.2) is 26.2 Å². The number of rotatable bonds is 7. The number of aryl methyl sites for hydroxylation is 1. The quantitative estimate of drug-likeness (QED) is 0.835. The summed E-state index contributed by atoms with van der Waals surface area (Å²) in [7, 11) is 0. The third kappa shape index (κ3) is 3.57. The fourth-order valence-electron chi connectivity index (χ4n) is 1.70. The van der Waals surface area contributed by atoms with E-state index in [1.54, 1.807) is 12.4 Å². The van der Waals surface area contributed by atoms with Gasteiger partial charge < -0.3 is 5.32 Å². The van der Waals surface area contributed by atoms with Crippen molar-refractivity contribution >= 4 is 0 Å². The first-order valence-electron chi connectivity index (χ1n) is 5.79.